The van der Waals surface area contributed by atoms with Gasteiger partial charge in [-0.3, -0.25) is 9.69 Å². The number of aromatic nitrogens is 2. The van der Waals surface area contributed by atoms with Gasteiger partial charge in [-0.25, -0.2) is 9.31 Å². The molecule has 2 fully saturated rings. The number of hydrogen-bond acceptors (Lipinski definition) is 6. The van der Waals surface area contributed by atoms with E-state index in [0.717, 1.165) is 30.9 Å². The number of carbonyl (C=O) groups excluding carboxylic acids is 2. The van der Waals surface area contributed by atoms with Gasteiger partial charge in [0.05, 0.1) is 46.5 Å². The molecule has 1 aromatic carbocycles. The number of benzene rings is 1. The van der Waals surface area contributed by atoms with E-state index < -0.39 is 5.91 Å². The quantitative estimate of drug-likeness (QED) is 0.572. The molecule has 0 radical (unpaired) electrons. The predicted molar refractivity (Wildman–Crippen MR) is 138 cm³/mol. The lowest BCUT2D eigenvalue weighted by atomic mass is 9.78. The van der Waals surface area contributed by atoms with Crippen molar-refractivity contribution in [3.05, 3.63) is 53.9 Å². The van der Waals surface area contributed by atoms with Crippen LogP contribution in [0.5, 0.6) is 0 Å². The lowest BCUT2D eigenvalue weighted by molar-refractivity contribution is 0.100. The van der Waals surface area contributed by atoms with Crippen LogP contribution in [0.25, 0.3) is 5.52 Å². The smallest absolute Gasteiger partial charge is 0.324 e. The third-order valence-corrected chi connectivity index (χ3v) is 7.33. The van der Waals surface area contributed by atoms with Crippen LogP contribution in [0, 0.1) is 16.7 Å². The molecule has 0 bridgehead atoms. The Balaban J connectivity index is 1.44. The number of carbonyl (C=O) groups is 2. The highest BCUT2D eigenvalue weighted by Gasteiger charge is 2.37. The van der Waals surface area contributed by atoms with Crippen molar-refractivity contribution in [3.63, 3.8) is 0 Å². The molecule has 3 N–H and O–H groups in total. The molecule has 0 spiro atoms. The Bertz CT molecular complexity index is 1370. The van der Waals surface area contributed by atoms with Gasteiger partial charge in [-0.1, -0.05) is 13.8 Å². The second kappa shape index (κ2) is 8.75. The van der Waals surface area contributed by atoms with Crippen molar-refractivity contribution in [2.24, 2.45) is 11.1 Å². The average Bonchev–Trinajstić information content (AvgIpc) is 3.43. The number of piperidine rings is 1. The van der Waals surface area contributed by atoms with Gasteiger partial charge in [0.2, 0.25) is 0 Å². The van der Waals surface area contributed by atoms with Gasteiger partial charge >= 0.3 is 6.03 Å². The van der Waals surface area contributed by atoms with Crippen LogP contribution in [-0.2, 0) is 0 Å². The number of nitrogens with one attached hydrogen (secondary N) is 1. The zero-order valence-corrected chi connectivity index (χ0v) is 20.7. The van der Waals surface area contributed by atoms with E-state index in [1.54, 1.807) is 27.6 Å². The minimum Gasteiger partial charge on any atom is -0.379 e. The average molecular weight is 487 g/mol. The lowest BCUT2D eigenvalue weighted by Gasteiger charge is -2.46. The summed E-state index contributed by atoms with van der Waals surface area (Å²) >= 11 is 0. The summed E-state index contributed by atoms with van der Waals surface area (Å²) in [5.41, 5.74) is 9.71. The summed E-state index contributed by atoms with van der Waals surface area (Å²) < 4.78 is 1.69. The summed E-state index contributed by atoms with van der Waals surface area (Å²) in [4.78, 5) is 30.6. The lowest BCUT2D eigenvalue weighted by Crippen LogP contribution is -2.52. The van der Waals surface area contributed by atoms with Crippen molar-refractivity contribution >= 4 is 34.5 Å². The van der Waals surface area contributed by atoms with E-state index in [0.29, 0.717) is 35.4 Å². The molecule has 1 atom stereocenters. The summed E-state index contributed by atoms with van der Waals surface area (Å²) in [5, 5.41) is 17.1. The second-order valence-corrected chi connectivity index (χ2v) is 10.2. The molecular weight excluding hydrogens is 456 g/mol. The van der Waals surface area contributed by atoms with Gasteiger partial charge in [-0.2, -0.15) is 10.4 Å². The molecule has 186 valence electrons. The first-order valence-corrected chi connectivity index (χ1v) is 12.0. The van der Waals surface area contributed by atoms with E-state index in [-0.39, 0.29) is 17.5 Å². The fourth-order valence-electron chi connectivity index (χ4n) is 5.18. The molecule has 5 rings (SSSR count). The first kappa shape index (κ1) is 23.5. The fourth-order valence-corrected chi connectivity index (χ4v) is 5.18. The number of anilines is 3. The number of hydrogen-bond donors (Lipinski definition) is 2. The third kappa shape index (κ3) is 4.06. The highest BCUT2D eigenvalue weighted by atomic mass is 16.2. The zero-order valence-electron chi connectivity index (χ0n) is 20.7. The molecule has 2 aliphatic heterocycles. The van der Waals surface area contributed by atoms with Gasteiger partial charge in [-0.05, 0) is 36.8 Å². The van der Waals surface area contributed by atoms with Crippen molar-refractivity contribution in [1.82, 2.24) is 14.5 Å². The molecule has 0 aliphatic carbocycles. The normalized spacial score (nSPS) is 19.6. The summed E-state index contributed by atoms with van der Waals surface area (Å²) in [7, 11) is 1.78. The van der Waals surface area contributed by atoms with Gasteiger partial charge in [0.25, 0.3) is 5.91 Å². The Kier molecular flexibility index (Phi) is 5.71. The molecule has 0 saturated carbocycles. The molecule has 4 heterocycles. The largest absolute Gasteiger partial charge is 0.379 e. The Morgan fingerprint density at radius 3 is 2.56 bits per heavy atom. The highest BCUT2D eigenvalue weighted by molar-refractivity contribution is 6.03. The molecule has 2 saturated heterocycles. The molecule has 3 aromatic rings. The van der Waals surface area contributed by atoms with Crippen LogP contribution in [0.1, 0.15) is 36.2 Å². The van der Waals surface area contributed by atoms with Crippen LogP contribution in [0.4, 0.5) is 21.9 Å². The first-order chi connectivity index (χ1) is 17.2. The van der Waals surface area contributed by atoms with Gasteiger partial charge in [0.1, 0.15) is 0 Å². The monoisotopic (exact) mass is 486 g/mol. The topological polar surface area (TPSA) is 123 Å². The fraction of sp³-hybridized carbons (Fsp3) is 0.385. The number of fused-ring (bicyclic) bond motifs is 1. The summed E-state index contributed by atoms with van der Waals surface area (Å²) in [6.07, 6.45) is 4.13. The number of rotatable bonds is 5. The maximum Gasteiger partial charge on any atom is 0.324 e. The standard InChI is InChI=1S/C26H30N8O2/c1-26(2)16-32(18-6-4-17(13-27)5-7-18)9-8-22(26)30-23-20(24(28)35)14-29-34-15-19(12-21(23)34)33-11-10-31(3)25(33)36/h4-7,12,14-15,22,30H,8-11,16H2,1-3H3,(H2,28,35). The predicted octanol–water partition coefficient (Wildman–Crippen LogP) is 2.89. The Morgan fingerprint density at radius 2 is 1.94 bits per heavy atom. The number of nitriles is 1. The van der Waals surface area contributed by atoms with Crippen molar-refractivity contribution < 1.29 is 9.59 Å². The van der Waals surface area contributed by atoms with Crippen molar-refractivity contribution in [2.45, 2.75) is 26.3 Å². The van der Waals surface area contributed by atoms with Gasteiger partial charge < -0.3 is 20.9 Å². The Labute approximate surface area is 209 Å². The maximum atomic E-state index is 12.5. The van der Waals surface area contributed by atoms with Crippen LogP contribution in [0.15, 0.2) is 42.7 Å². The van der Waals surface area contributed by atoms with E-state index >= 15 is 0 Å². The van der Waals surface area contributed by atoms with Crippen molar-refractivity contribution in [2.75, 3.05) is 48.3 Å². The number of nitrogens with two attached hydrogens (primary N) is 1. The second-order valence-electron chi connectivity index (χ2n) is 10.2. The van der Waals surface area contributed by atoms with Crippen LogP contribution in [-0.4, -0.2) is 65.7 Å². The van der Waals surface area contributed by atoms with Crippen LogP contribution in [0.3, 0.4) is 0 Å². The van der Waals surface area contributed by atoms with Gasteiger partial charge in [-0.15, -0.1) is 0 Å². The van der Waals surface area contributed by atoms with Crippen LogP contribution in [0.2, 0.25) is 0 Å². The van der Waals surface area contributed by atoms with E-state index in [9.17, 15) is 9.59 Å². The summed E-state index contributed by atoms with van der Waals surface area (Å²) in [6.45, 7) is 7.27. The summed E-state index contributed by atoms with van der Waals surface area (Å²) in [5.74, 6) is -0.556. The molecule has 10 nitrogen and oxygen atoms in total. The first-order valence-electron chi connectivity index (χ1n) is 12.0. The Hall–Kier alpha value is -4.26. The molecule has 2 aromatic heterocycles. The van der Waals surface area contributed by atoms with Crippen molar-refractivity contribution in [3.8, 4) is 6.07 Å². The van der Waals surface area contributed by atoms with E-state index in [1.807, 2.05) is 30.3 Å². The molecular formula is C26H30N8O2. The van der Waals surface area contributed by atoms with E-state index in [4.69, 9.17) is 11.0 Å². The molecule has 3 amide bonds. The summed E-state index contributed by atoms with van der Waals surface area (Å²) in [6, 6.07) is 11.7. The van der Waals surface area contributed by atoms with E-state index in [2.05, 4.69) is 35.2 Å². The molecule has 2 aliphatic rings. The van der Waals surface area contributed by atoms with Crippen molar-refractivity contribution in [1.29, 1.82) is 5.26 Å². The van der Waals surface area contributed by atoms with Crippen LogP contribution >= 0.6 is 0 Å². The minimum atomic E-state index is -0.556. The molecule has 10 heteroatoms. The Morgan fingerprint density at radius 1 is 1.19 bits per heavy atom. The van der Waals surface area contributed by atoms with Gasteiger partial charge in [0.15, 0.2) is 0 Å². The number of urea groups is 1. The SMILES string of the molecule is CN1CCN(c2cc3c(NC4CCN(c5ccc(C#N)cc5)CC4(C)C)c(C(N)=O)cnn3c2)C1=O. The minimum absolute atomic E-state index is 0.0631. The van der Waals surface area contributed by atoms with Gasteiger partial charge in [0, 0.05) is 50.4 Å². The molecule has 36 heavy (non-hydrogen) atoms. The third-order valence-electron chi connectivity index (χ3n) is 7.33. The number of nitrogens with zero attached hydrogens (tertiary/aromatic N) is 6. The number of primary amides is 1. The van der Waals surface area contributed by atoms with E-state index in [1.165, 1.54) is 6.20 Å². The number of likely N-dealkylation sites (N-methyl/N-ethyl adjacent to an activating group) is 1. The zero-order chi connectivity index (χ0) is 25.6. The number of amides is 3. The van der Waals surface area contributed by atoms with Crippen LogP contribution < -0.4 is 20.9 Å². The highest BCUT2D eigenvalue weighted by Crippen LogP contribution is 2.37. The maximum absolute atomic E-state index is 12.5. The molecule has 1 unspecified atom stereocenters.